The van der Waals surface area contributed by atoms with E-state index in [4.69, 9.17) is 10.2 Å². The molecule has 74 valence electrons. The first-order valence-electron chi connectivity index (χ1n) is 3.62. The van der Waals surface area contributed by atoms with E-state index in [-0.39, 0.29) is 5.92 Å². The van der Waals surface area contributed by atoms with E-state index in [1.165, 1.54) is 0 Å². The molecule has 0 aromatic heterocycles. The van der Waals surface area contributed by atoms with Gasteiger partial charge < -0.3 is 15.5 Å². The summed E-state index contributed by atoms with van der Waals surface area (Å²) >= 11 is 0. The zero-order chi connectivity index (χ0) is 10.6. The molecule has 0 unspecified atom stereocenters. The minimum atomic E-state index is -1.69. The first-order chi connectivity index (χ1) is 5.86. The molecule has 0 fully saturated rings. The van der Waals surface area contributed by atoms with Crippen molar-refractivity contribution in [3.63, 3.8) is 0 Å². The van der Waals surface area contributed by atoms with E-state index in [2.05, 4.69) is 0 Å². The maximum Gasteiger partial charge on any atom is 0.394 e. The molecule has 0 saturated heterocycles. The third kappa shape index (κ3) is 3.55. The lowest BCUT2D eigenvalue weighted by atomic mass is 10.1. The Hall–Kier alpha value is -1.59. The number of hydrogen-bond acceptors (Lipinski definition) is 3. The molecule has 0 spiro atoms. The van der Waals surface area contributed by atoms with Crippen LogP contribution in [0.1, 0.15) is 13.8 Å². The molecule has 0 aliphatic heterocycles. The van der Waals surface area contributed by atoms with E-state index in [0.29, 0.717) is 0 Å². The third-order valence-electron chi connectivity index (χ3n) is 1.41. The number of carboxylic acid groups (broad SMARTS) is 2. The van der Waals surface area contributed by atoms with Crippen molar-refractivity contribution in [1.29, 1.82) is 0 Å². The van der Waals surface area contributed by atoms with Crippen molar-refractivity contribution in [3.8, 4) is 0 Å². The van der Waals surface area contributed by atoms with Crippen LogP contribution in [0.4, 0.5) is 0 Å². The summed E-state index contributed by atoms with van der Waals surface area (Å²) in [5.41, 5.74) is 0. The fourth-order valence-corrected chi connectivity index (χ4v) is 0.717. The fraction of sp³-hybridized carbons (Fsp3) is 0.571. The van der Waals surface area contributed by atoms with Gasteiger partial charge in [0.2, 0.25) is 0 Å². The summed E-state index contributed by atoms with van der Waals surface area (Å²) in [5, 5.41) is 18.6. The van der Waals surface area contributed by atoms with Gasteiger partial charge in [0.25, 0.3) is 0 Å². The Balaban J connectivity index is 4.36. The molecule has 1 amide bonds. The number of nitrogens with one attached hydrogen (secondary N) is 1. The molecule has 0 radical (unpaired) electrons. The number of carboxylic acids is 2. The van der Waals surface area contributed by atoms with E-state index >= 15 is 0 Å². The maximum atomic E-state index is 10.6. The fourth-order valence-electron chi connectivity index (χ4n) is 0.717. The van der Waals surface area contributed by atoms with Gasteiger partial charge in [0.15, 0.2) is 0 Å². The van der Waals surface area contributed by atoms with Gasteiger partial charge >= 0.3 is 17.8 Å². The highest BCUT2D eigenvalue weighted by molar-refractivity contribution is 6.31. The molecule has 1 atom stereocenters. The summed E-state index contributed by atoms with van der Waals surface area (Å²) in [6.45, 7) is 3.14. The number of hydrogen-bond donors (Lipinski definition) is 3. The summed E-state index contributed by atoms with van der Waals surface area (Å²) in [5.74, 6) is -4.60. The molecule has 0 heterocycles. The highest BCUT2D eigenvalue weighted by Gasteiger charge is 2.25. The monoisotopic (exact) mass is 189 g/mol. The van der Waals surface area contributed by atoms with Crippen molar-refractivity contribution in [2.75, 3.05) is 0 Å². The molecule has 0 aromatic rings. The Kier molecular flexibility index (Phi) is 3.90. The lowest BCUT2D eigenvalue weighted by Crippen LogP contribution is -2.46. The quantitative estimate of drug-likeness (QED) is 0.509. The Morgan fingerprint density at radius 2 is 1.62 bits per heavy atom. The first kappa shape index (κ1) is 11.4. The Morgan fingerprint density at radius 1 is 1.15 bits per heavy atom. The van der Waals surface area contributed by atoms with Crippen molar-refractivity contribution in [1.82, 2.24) is 5.32 Å². The highest BCUT2D eigenvalue weighted by Crippen LogP contribution is 2.01. The van der Waals surface area contributed by atoms with Crippen LogP contribution in [-0.2, 0) is 14.4 Å². The Labute approximate surface area is 74.6 Å². The molecule has 6 nitrogen and oxygen atoms in total. The molecule has 0 aliphatic carbocycles. The van der Waals surface area contributed by atoms with Gasteiger partial charge in [-0.3, -0.25) is 4.79 Å². The lowest BCUT2D eigenvalue weighted by Gasteiger charge is -2.15. The number of carbonyl (C=O) groups excluding carboxylic acids is 1. The minimum absolute atomic E-state index is 0.360. The highest BCUT2D eigenvalue weighted by atomic mass is 16.4. The van der Waals surface area contributed by atoms with Crippen LogP contribution < -0.4 is 5.32 Å². The second-order valence-corrected chi connectivity index (χ2v) is 2.84. The van der Waals surface area contributed by atoms with Crippen molar-refractivity contribution in [2.24, 2.45) is 5.92 Å². The summed E-state index contributed by atoms with van der Waals surface area (Å²) in [7, 11) is 0. The molecule has 0 saturated carbocycles. The molecule has 3 N–H and O–H groups in total. The predicted molar refractivity (Wildman–Crippen MR) is 42.0 cm³/mol. The summed E-state index contributed by atoms with van der Waals surface area (Å²) in [6, 6.07) is -1.16. The summed E-state index contributed by atoms with van der Waals surface area (Å²) in [6.07, 6.45) is 0. The van der Waals surface area contributed by atoms with E-state index in [0.717, 1.165) is 0 Å². The van der Waals surface area contributed by atoms with Crippen LogP contribution in [0.5, 0.6) is 0 Å². The van der Waals surface area contributed by atoms with Gasteiger partial charge in [-0.25, -0.2) is 9.59 Å². The Morgan fingerprint density at radius 3 is 1.85 bits per heavy atom. The van der Waals surface area contributed by atoms with Gasteiger partial charge in [-0.15, -0.1) is 0 Å². The van der Waals surface area contributed by atoms with Crippen LogP contribution in [0.15, 0.2) is 0 Å². The van der Waals surface area contributed by atoms with Gasteiger partial charge in [-0.05, 0) is 5.92 Å². The summed E-state index contributed by atoms with van der Waals surface area (Å²) in [4.78, 5) is 31.2. The molecular formula is C7H11NO5. The van der Waals surface area contributed by atoms with Crippen molar-refractivity contribution in [3.05, 3.63) is 0 Å². The number of carbonyl (C=O) groups is 3. The second kappa shape index (κ2) is 4.44. The molecule has 0 aromatic carbocycles. The van der Waals surface area contributed by atoms with Gasteiger partial charge in [0, 0.05) is 0 Å². The first-order valence-corrected chi connectivity index (χ1v) is 3.62. The number of aliphatic carboxylic acids is 2. The largest absolute Gasteiger partial charge is 0.480 e. The third-order valence-corrected chi connectivity index (χ3v) is 1.41. The minimum Gasteiger partial charge on any atom is -0.480 e. The van der Waals surface area contributed by atoms with Gasteiger partial charge in [-0.2, -0.15) is 0 Å². The van der Waals surface area contributed by atoms with Gasteiger partial charge in [0.1, 0.15) is 6.04 Å². The molecular weight excluding hydrogens is 178 g/mol. The predicted octanol–water partition coefficient (Wildman–Crippen LogP) is -0.704. The van der Waals surface area contributed by atoms with Crippen LogP contribution >= 0.6 is 0 Å². The smallest absolute Gasteiger partial charge is 0.394 e. The normalized spacial score (nSPS) is 12.2. The van der Waals surface area contributed by atoms with Crippen LogP contribution in [0, 0.1) is 5.92 Å². The zero-order valence-electron chi connectivity index (χ0n) is 7.27. The van der Waals surface area contributed by atoms with Crippen LogP contribution in [-0.4, -0.2) is 34.1 Å². The van der Waals surface area contributed by atoms with Crippen LogP contribution in [0.25, 0.3) is 0 Å². The molecule has 6 heteroatoms. The standard InChI is InChI=1S/C7H11NO5/c1-3(2)4(6(10)11)8-5(9)7(12)13/h3-4H,1-2H3,(H,8,9)(H,10,11)(H,12,13)/t4-/m1/s1. The SMILES string of the molecule is CC(C)[C@@H](NC(=O)C(=O)O)C(=O)O. The molecule has 0 bridgehead atoms. The second-order valence-electron chi connectivity index (χ2n) is 2.84. The average Bonchev–Trinajstić information content (AvgIpc) is 1.97. The van der Waals surface area contributed by atoms with Crippen LogP contribution in [0.3, 0.4) is 0 Å². The molecule has 13 heavy (non-hydrogen) atoms. The Bertz CT molecular complexity index is 235. The summed E-state index contributed by atoms with van der Waals surface area (Å²) < 4.78 is 0. The van der Waals surface area contributed by atoms with E-state index < -0.39 is 23.9 Å². The van der Waals surface area contributed by atoms with E-state index in [1.807, 2.05) is 5.32 Å². The van der Waals surface area contributed by atoms with Crippen molar-refractivity contribution in [2.45, 2.75) is 19.9 Å². The maximum absolute atomic E-state index is 10.6. The lowest BCUT2D eigenvalue weighted by molar-refractivity contribution is -0.152. The average molecular weight is 189 g/mol. The van der Waals surface area contributed by atoms with Crippen molar-refractivity contribution >= 4 is 17.8 Å². The van der Waals surface area contributed by atoms with Crippen molar-refractivity contribution < 1.29 is 24.6 Å². The number of amides is 1. The topological polar surface area (TPSA) is 104 Å². The van der Waals surface area contributed by atoms with E-state index in [1.54, 1.807) is 13.8 Å². The van der Waals surface area contributed by atoms with Crippen LogP contribution in [0.2, 0.25) is 0 Å². The zero-order valence-corrected chi connectivity index (χ0v) is 7.27. The van der Waals surface area contributed by atoms with Gasteiger partial charge in [-0.1, -0.05) is 13.8 Å². The number of rotatable bonds is 3. The van der Waals surface area contributed by atoms with E-state index in [9.17, 15) is 14.4 Å². The van der Waals surface area contributed by atoms with Gasteiger partial charge in [0.05, 0.1) is 0 Å². The molecule has 0 rings (SSSR count). The molecule has 0 aliphatic rings.